The molecule has 0 spiro atoms. The summed E-state index contributed by atoms with van der Waals surface area (Å²) in [5.41, 5.74) is 6.37. The summed E-state index contributed by atoms with van der Waals surface area (Å²) in [6, 6.07) is 5.75. The minimum Gasteiger partial charge on any atom is -0.355 e. The Labute approximate surface area is 142 Å². The zero-order valence-corrected chi connectivity index (χ0v) is 15.2. The maximum atomic E-state index is 12.4. The van der Waals surface area contributed by atoms with Gasteiger partial charge in [-0.2, -0.15) is 16.5 Å². The van der Waals surface area contributed by atoms with Gasteiger partial charge in [-0.1, -0.05) is 17.7 Å². The molecule has 0 saturated carbocycles. The van der Waals surface area contributed by atoms with Crippen molar-refractivity contribution in [1.82, 2.24) is 10.0 Å². The highest BCUT2D eigenvalue weighted by Gasteiger charge is 2.25. The summed E-state index contributed by atoms with van der Waals surface area (Å²) in [4.78, 5) is 12.4. The molecule has 1 amide bonds. The molecule has 0 aromatic heterocycles. The van der Waals surface area contributed by atoms with Crippen LogP contribution in [0.4, 0.5) is 0 Å². The van der Waals surface area contributed by atoms with Gasteiger partial charge in [0.05, 0.1) is 4.90 Å². The van der Waals surface area contributed by atoms with Crippen LogP contribution in [0.15, 0.2) is 29.2 Å². The van der Waals surface area contributed by atoms with Crippen molar-refractivity contribution in [2.75, 3.05) is 25.1 Å². The van der Waals surface area contributed by atoms with Crippen LogP contribution in [0.5, 0.6) is 0 Å². The van der Waals surface area contributed by atoms with Crippen molar-refractivity contribution in [3.05, 3.63) is 29.8 Å². The number of aryl methyl sites for hydroxylation is 1. The number of carbonyl (C=O) groups excluding carboxylic acids is 1. The van der Waals surface area contributed by atoms with Gasteiger partial charge >= 0.3 is 0 Å². The normalized spacial score (nSPS) is 12.8. The van der Waals surface area contributed by atoms with Crippen molar-refractivity contribution in [3.8, 4) is 0 Å². The topological polar surface area (TPSA) is 101 Å². The van der Waals surface area contributed by atoms with Gasteiger partial charge in [-0.25, -0.2) is 8.42 Å². The summed E-state index contributed by atoms with van der Waals surface area (Å²) in [7, 11) is -3.73. The van der Waals surface area contributed by atoms with Crippen LogP contribution in [-0.2, 0) is 14.8 Å². The van der Waals surface area contributed by atoms with Crippen molar-refractivity contribution in [2.45, 2.75) is 30.7 Å². The highest BCUT2D eigenvalue weighted by atomic mass is 32.2. The molecule has 0 bridgehead atoms. The lowest BCUT2D eigenvalue weighted by Gasteiger charge is -2.18. The second-order valence-electron chi connectivity index (χ2n) is 5.20. The smallest absolute Gasteiger partial charge is 0.241 e. The number of sulfonamides is 1. The van der Waals surface area contributed by atoms with Gasteiger partial charge in [-0.3, -0.25) is 4.79 Å². The molecule has 1 aromatic rings. The molecule has 4 N–H and O–H groups in total. The first-order valence-electron chi connectivity index (χ1n) is 7.46. The van der Waals surface area contributed by atoms with E-state index < -0.39 is 16.1 Å². The Kier molecular flexibility index (Phi) is 8.60. The third-order valence-electron chi connectivity index (χ3n) is 3.24. The van der Waals surface area contributed by atoms with Gasteiger partial charge in [-0.15, -0.1) is 0 Å². The van der Waals surface area contributed by atoms with E-state index in [1.165, 1.54) is 12.1 Å². The average Bonchev–Trinajstić information content (AvgIpc) is 2.52. The Balaban J connectivity index is 2.81. The molecule has 23 heavy (non-hydrogen) atoms. The van der Waals surface area contributed by atoms with Crippen LogP contribution in [0.1, 0.15) is 18.4 Å². The zero-order chi connectivity index (χ0) is 17.3. The standard InChI is InChI=1S/C15H25N3O3S2/c1-12-4-6-13(7-5-12)23(20,21)18-14(8-11-22-2)15(19)17-10-3-9-16/h4-7,14,18H,3,8-11,16H2,1-2H3,(H,17,19). The fourth-order valence-corrected chi connectivity index (χ4v) is 3.59. The molecule has 6 nitrogen and oxygen atoms in total. The van der Waals surface area contributed by atoms with Crippen LogP contribution in [0.25, 0.3) is 0 Å². The zero-order valence-electron chi connectivity index (χ0n) is 13.5. The lowest BCUT2D eigenvalue weighted by Crippen LogP contribution is -2.47. The van der Waals surface area contributed by atoms with Crippen molar-refractivity contribution in [3.63, 3.8) is 0 Å². The molecule has 1 unspecified atom stereocenters. The SMILES string of the molecule is CSCCC(NS(=O)(=O)c1ccc(C)cc1)C(=O)NCCCN. The minimum absolute atomic E-state index is 0.159. The van der Waals surface area contributed by atoms with Crippen molar-refractivity contribution >= 4 is 27.7 Å². The number of thioether (sulfide) groups is 1. The number of nitrogens with two attached hydrogens (primary N) is 1. The van der Waals surface area contributed by atoms with E-state index in [4.69, 9.17) is 5.73 Å². The molecule has 0 fully saturated rings. The molecule has 0 aliphatic carbocycles. The summed E-state index contributed by atoms with van der Waals surface area (Å²) in [6.45, 7) is 2.80. The van der Waals surface area contributed by atoms with Gasteiger partial charge in [0.1, 0.15) is 6.04 Å². The number of nitrogens with one attached hydrogen (secondary N) is 2. The number of hydrogen-bond acceptors (Lipinski definition) is 5. The van der Waals surface area contributed by atoms with E-state index in [1.54, 1.807) is 23.9 Å². The van der Waals surface area contributed by atoms with E-state index in [1.807, 2.05) is 13.2 Å². The van der Waals surface area contributed by atoms with E-state index in [-0.39, 0.29) is 10.8 Å². The number of rotatable bonds is 10. The van der Waals surface area contributed by atoms with Gasteiger partial charge in [0.25, 0.3) is 0 Å². The number of amides is 1. The molecule has 130 valence electrons. The van der Waals surface area contributed by atoms with E-state index >= 15 is 0 Å². The Morgan fingerprint density at radius 1 is 1.30 bits per heavy atom. The third-order valence-corrected chi connectivity index (χ3v) is 5.37. The molecular formula is C15H25N3O3S2. The van der Waals surface area contributed by atoms with Gasteiger partial charge in [0, 0.05) is 6.54 Å². The number of hydrogen-bond donors (Lipinski definition) is 3. The maximum absolute atomic E-state index is 12.4. The van der Waals surface area contributed by atoms with E-state index in [2.05, 4.69) is 10.0 Å². The Morgan fingerprint density at radius 3 is 2.52 bits per heavy atom. The number of carbonyl (C=O) groups is 1. The molecule has 0 saturated heterocycles. The highest BCUT2D eigenvalue weighted by molar-refractivity contribution is 7.98. The fourth-order valence-electron chi connectivity index (χ4n) is 1.89. The Bertz CT molecular complexity index is 588. The van der Waals surface area contributed by atoms with Crippen molar-refractivity contribution in [2.24, 2.45) is 5.73 Å². The monoisotopic (exact) mass is 359 g/mol. The van der Waals surface area contributed by atoms with Crippen LogP contribution >= 0.6 is 11.8 Å². The minimum atomic E-state index is -3.73. The van der Waals surface area contributed by atoms with Gasteiger partial charge in [0.15, 0.2) is 0 Å². The van der Waals surface area contributed by atoms with Crippen LogP contribution in [0.3, 0.4) is 0 Å². The van der Waals surface area contributed by atoms with Crippen LogP contribution < -0.4 is 15.8 Å². The molecule has 8 heteroatoms. The van der Waals surface area contributed by atoms with E-state index in [0.717, 1.165) is 5.56 Å². The molecule has 1 aromatic carbocycles. The molecule has 0 heterocycles. The first-order valence-corrected chi connectivity index (χ1v) is 10.3. The van der Waals surface area contributed by atoms with Crippen LogP contribution in [0, 0.1) is 6.92 Å². The summed E-state index contributed by atoms with van der Waals surface area (Å²) >= 11 is 1.56. The summed E-state index contributed by atoms with van der Waals surface area (Å²) < 4.78 is 27.4. The first-order chi connectivity index (χ1) is 10.9. The Hall–Kier alpha value is -1.09. The lowest BCUT2D eigenvalue weighted by molar-refractivity contribution is -0.122. The quantitative estimate of drug-likeness (QED) is 0.538. The highest BCUT2D eigenvalue weighted by Crippen LogP contribution is 2.12. The molecule has 1 atom stereocenters. The largest absolute Gasteiger partial charge is 0.355 e. The van der Waals surface area contributed by atoms with Crippen molar-refractivity contribution in [1.29, 1.82) is 0 Å². The lowest BCUT2D eigenvalue weighted by atomic mass is 10.2. The maximum Gasteiger partial charge on any atom is 0.241 e. The Morgan fingerprint density at radius 2 is 1.96 bits per heavy atom. The van der Waals surface area contributed by atoms with Crippen LogP contribution in [0.2, 0.25) is 0 Å². The fraction of sp³-hybridized carbons (Fsp3) is 0.533. The second-order valence-corrected chi connectivity index (χ2v) is 7.90. The molecular weight excluding hydrogens is 334 g/mol. The summed E-state index contributed by atoms with van der Waals surface area (Å²) in [5, 5.41) is 2.72. The van der Waals surface area contributed by atoms with Gasteiger partial charge < -0.3 is 11.1 Å². The summed E-state index contributed by atoms with van der Waals surface area (Å²) in [6.07, 6.45) is 3.00. The van der Waals surface area contributed by atoms with Gasteiger partial charge in [-0.05, 0) is 50.5 Å². The molecule has 1 rings (SSSR count). The van der Waals surface area contributed by atoms with Gasteiger partial charge in [0.2, 0.25) is 15.9 Å². The second kappa shape index (κ2) is 9.92. The predicted octanol–water partition coefficient (Wildman–Crippen LogP) is 0.860. The van der Waals surface area contributed by atoms with Crippen molar-refractivity contribution < 1.29 is 13.2 Å². The van der Waals surface area contributed by atoms with E-state index in [9.17, 15) is 13.2 Å². The average molecular weight is 360 g/mol. The summed E-state index contributed by atoms with van der Waals surface area (Å²) in [5.74, 6) is 0.369. The van der Waals surface area contributed by atoms with Crippen LogP contribution in [-0.4, -0.2) is 45.5 Å². The molecule has 0 aliphatic heterocycles. The third kappa shape index (κ3) is 6.90. The first kappa shape index (κ1) is 20.0. The number of benzene rings is 1. The predicted molar refractivity (Wildman–Crippen MR) is 95.0 cm³/mol. The van der Waals surface area contributed by atoms with E-state index in [0.29, 0.717) is 31.7 Å². The molecule has 0 aliphatic rings. The molecule has 0 radical (unpaired) electrons.